The van der Waals surface area contributed by atoms with Crippen molar-refractivity contribution in [2.75, 3.05) is 37.0 Å². The minimum atomic E-state index is -0.308. The first-order chi connectivity index (χ1) is 13.0. The Labute approximate surface area is 159 Å². The number of carbonyl (C=O) groups is 1. The second-order valence-corrected chi connectivity index (χ2v) is 6.92. The van der Waals surface area contributed by atoms with Crippen molar-refractivity contribution in [3.8, 4) is 0 Å². The smallest absolute Gasteiger partial charge is 0.337 e. The van der Waals surface area contributed by atoms with Crippen LogP contribution in [0.15, 0.2) is 24.3 Å². The van der Waals surface area contributed by atoms with E-state index in [4.69, 9.17) is 14.8 Å². The Morgan fingerprint density at radius 2 is 2.11 bits per heavy atom. The summed E-state index contributed by atoms with van der Waals surface area (Å²) in [5, 5.41) is 12.2. The van der Waals surface area contributed by atoms with E-state index in [0.717, 1.165) is 37.0 Å². The first kappa shape index (κ1) is 19.1. The lowest BCUT2D eigenvalue weighted by molar-refractivity contribution is 0.0600. The number of benzene rings is 1. The molecule has 0 aliphatic carbocycles. The number of nitrogens with zero attached hydrogens (tertiary/aromatic N) is 3. The summed E-state index contributed by atoms with van der Waals surface area (Å²) in [5.74, 6) is 2.28. The Balaban J connectivity index is 1.85. The summed E-state index contributed by atoms with van der Waals surface area (Å²) in [6.07, 6.45) is 0.834. The molecule has 1 aliphatic heterocycles. The summed E-state index contributed by atoms with van der Waals surface area (Å²) >= 11 is 0. The molecule has 144 valence electrons. The second kappa shape index (κ2) is 8.35. The van der Waals surface area contributed by atoms with Gasteiger partial charge in [-0.25, -0.2) is 14.8 Å². The number of rotatable bonds is 6. The summed E-state index contributed by atoms with van der Waals surface area (Å²) in [5.41, 5.74) is 2.94. The van der Waals surface area contributed by atoms with Gasteiger partial charge in [0.15, 0.2) is 0 Å². The topological polar surface area (TPSA) is 87.6 Å². The van der Waals surface area contributed by atoms with Crippen LogP contribution in [0, 0.1) is 0 Å². The van der Waals surface area contributed by atoms with E-state index >= 15 is 0 Å². The van der Waals surface area contributed by atoms with E-state index in [1.807, 2.05) is 24.3 Å². The number of anilines is 2. The number of fused-ring (bicyclic) bond motifs is 1. The van der Waals surface area contributed by atoms with Gasteiger partial charge < -0.3 is 20.1 Å². The summed E-state index contributed by atoms with van der Waals surface area (Å²) in [6, 6.07) is 7.65. The van der Waals surface area contributed by atoms with Crippen LogP contribution in [-0.2, 0) is 17.7 Å². The maximum absolute atomic E-state index is 11.7. The van der Waals surface area contributed by atoms with Crippen molar-refractivity contribution >= 4 is 17.6 Å². The lowest BCUT2D eigenvalue weighted by Crippen LogP contribution is -2.31. The molecule has 0 atom stereocenters. The van der Waals surface area contributed by atoms with Gasteiger partial charge in [-0.1, -0.05) is 19.9 Å². The van der Waals surface area contributed by atoms with E-state index in [1.54, 1.807) is 0 Å². The SMILES string of the molecule is COC(=O)c1ccc2c(c1)CCN(c1cc(NCCO)nc(C(C)C)n1)C2. The van der Waals surface area contributed by atoms with Crippen LogP contribution in [0.4, 0.5) is 11.6 Å². The van der Waals surface area contributed by atoms with Gasteiger partial charge in [-0.05, 0) is 29.7 Å². The predicted molar refractivity (Wildman–Crippen MR) is 104 cm³/mol. The first-order valence-electron chi connectivity index (χ1n) is 9.20. The number of nitrogens with one attached hydrogen (secondary N) is 1. The zero-order valence-electron chi connectivity index (χ0n) is 16.0. The highest BCUT2D eigenvalue weighted by Crippen LogP contribution is 2.27. The van der Waals surface area contributed by atoms with E-state index in [-0.39, 0.29) is 18.5 Å². The van der Waals surface area contributed by atoms with Crippen molar-refractivity contribution in [1.82, 2.24) is 9.97 Å². The molecule has 0 amide bonds. The molecule has 1 aromatic heterocycles. The molecule has 0 spiro atoms. The number of ether oxygens (including phenoxy) is 1. The highest BCUT2D eigenvalue weighted by atomic mass is 16.5. The van der Waals surface area contributed by atoms with Crippen molar-refractivity contribution in [2.45, 2.75) is 32.7 Å². The van der Waals surface area contributed by atoms with Crippen molar-refractivity contribution < 1.29 is 14.6 Å². The van der Waals surface area contributed by atoms with Gasteiger partial charge in [0, 0.05) is 31.6 Å². The Hall–Kier alpha value is -2.67. The minimum Gasteiger partial charge on any atom is -0.465 e. The lowest BCUT2D eigenvalue weighted by atomic mass is 9.97. The zero-order valence-corrected chi connectivity index (χ0v) is 16.0. The molecule has 0 saturated heterocycles. The fourth-order valence-corrected chi connectivity index (χ4v) is 3.14. The fourth-order valence-electron chi connectivity index (χ4n) is 3.14. The summed E-state index contributed by atoms with van der Waals surface area (Å²) in [6.45, 7) is 6.17. The number of methoxy groups -OCH3 is 1. The van der Waals surface area contributed by atoms with E-state index in [0.29, 0.717) is 12.1 Å². The highest BCUT2D eigenvalue weighted by Gasteiger charge is 2.21. The summed E-state index contributed by atoms with van der Waals surface area (Å²) in [4.78, 5) is 23.2. The van der Waals surface area contributed by atoms with Gasteiger partial charge in [0.25, 0.3) is 0 Å². The minimum absolute atomic E-state index is 0.0516. The molecule has 0 unspecified atom stereocenters. The molecule has 0 fully saturated rings. The molecule has 3 rings (SSSR count). The average Bonchev–Trinajstić information content (AvgIpc) is 2.70. The molecule has 0 bridgehead atoms. The molecule has 2 N–H and O–H groups in total. The third-order valence-corrected chi connectivity index (χ3v) is 4.63. The molecule has 1 aromatic carbocycles. The Kier molecular flexibility index (Phi) is 5.91. The monoisotopic (exact) mass is 370 g/mol. The van der Waals surface area contributed by atoms with E-state index in [1.165, 1.54) is 18.2 Å². The van der Waals surface area contributed by atoms with E-state index in [9.17, 15) is 4.79 Å². The van der Waals surface area contributed by atoms with Gasteiger partial charge in [-0.3, -0.25) is 0 Å². The molecule has 0 saturated carbocycles. The Bertz CT molecular complexity index is 823. The van der Waals surface area contributed by atoms with Crippen LogP contribution in [-0.4, -0.2) is 47.8 Å². The van der Waals surface area contributed by atoms with Crippen LogP contribution in [0.5, 0.6) is 0 Å². The van der Waals surface area contributed by atoms with Crippen LogP contribution in [0.1, 0.15) is 47.1 Å². The average molecular weight is 370 g/mol. The molecule has 27 heavy (non-hydrogen) atoms. The third kappa shape index (κ3) is 4.36. The maximum Gasteiger partial charge on any atom is 0.337 e. The second-order valence-electron chi connectivity index (χ2n) is 6.92. The number of aromatic nitrogens is 2. The van der Waals surface area contributed by atoms with Crippen LogP contribution < -0.4 is 10.2 Å². The van der Waals surface area contributed by atoms with Crippen molar-refractivity contribution in [1.29, 1.82) is 0 Å². The van der Waals surface area contributed by atoms with Crippen molar-refractivity contribution in [3.63, 3.8) is 0 Å². The summed E-state index contributed by atoms with van der Waals surface area (Å²) < 4.78 is 4.81. The fraction of sp³-hybridized carbons (Fsp3) is 0.450. The predicted octanol–water partition coefficient (Wildman–Crippen LogP) is 2.35. The van der Waals surface area contributed by atoms with Gasteiger partial charge >= 0.3 is 5.97 Å². The molecular weight excluding hydrogens is 344 g/mol. The van der Waals surface area contributed by atoms with Gasteiger partial charge in [0.05, 0.1) is 19.3 Å². The molecule has 7 heteroatoms. The molecule has 0 radical (unpaired) electrons. The highest BCUT2D eigenvalue weighted by molar-refractivity contribution is 5.89. The quantitative estimate of drug-likeness (QED) is 0.755. The number of carbonyl (C=O) groups excluding carboxylic acids is 1. The molecule has 2 heterocycles. The van der Waals surface area contributed by atoms with Crippen LogP contribution in [0.3, 0.4) is 0 Å². The Morgan fingerprint density at radius 1 is 1.30 bits per heavy atom. The molecule has 7 nitrogen and oxygen atoms in total. The third-order valence-electron chi connectivity index (χ3n) is 4.63. The molecule has 1 aliphatic rings. The largest absolute Gasteiger partial charge is 0.465 e. The van der Waals surface area contributed by atoms with Crippen LogP contribution >= 0.6 is 0 Å². The summed E-state index contributed by atoms with van der Waals surface area (Å²) in [7, 11) is 1.40. The van der Waals surface area contributed by atoms with Crippen molar-refractivity contribution in [3.05, 3.63) is 46.8 Å². The number of esters is 1. The number of hydrogen-bond donors (Lipinski definition) is 2. The standard InChI is InChI=1S/C20H26N4O3/c1-13(2)19-22-17(21-7-9-25)11-18(23-19)24-8-6-14-10-15(20(26)27-3)4-5-16(14)12-24/h4-5,10-11,13,25H,6-9,12H2,1-3H3,(H,21,22,23). The van der Waals surface area contributed by atoms with Gasteiger partial charge in [-0.15, -0.1) is 0 Å². The number of aliphatic hydroxyl groups is 1. The lowest BCUT2D eigenvalue weighted by Gasteiger charge is -2.30. The van der Waals surface area contributed by atoms with E-state index < -0.39 is 0 Å². The van der Waals surface area contributed by atoms with Gasteiger partial charge in [-0.2, -0.15) is 0 Å². The first-order valence-corrected chi connectivity index (χ1v) is 9.20. The van der Waals surface area contributed by atoms with Crippen molar-refractivity contribution in [2.24, 2.45) is 0 Å². The van der Waals surface area contributed by atoms with Gasteiger partial charge in [0.1, 0.15) is 17.5 Å². The maximum atomic E-state index is 11.7. The normalized spacial score (nSPS) is 13.4. The Morgan fingerprint density at radius 3 is 2.81 bits per heavy atom. The number of aliphatic hydroxyl groups excluding tert-OH is 1. The molecular formula is C20H26N4O3. The number of hydrogen-bond acceptors (Lipinski definition) is 7. The van der Waals surface area contributed by atoms with Crippen LogP contribution in [0.2, 0.25) is 0 Å². The molecule has 2 aromatic rings. The van der Waals surface area contributed by atoms with Gasteiger partial charge in [0.2, 0.25) is 0 Å². The van der Waals surface area contributed by atoms with Crippen LogP contribution in [0.25, 0.3) is 0 Å². The zero-order chi connectivity index (χ0) is 19.4. The van der Waals surface area contributed by atoms with E-state index in [2.05, 4.69) is 29.0 Å².